The number of methoxy groups -OCH3 is 3. The van der Waals surface area contributed by atoms with E-state index in [1.807, 2.05) is 0 Å². The molecule has 0 spiro atoms. The first-order valence-corrected chi connectivity index (χ1v) is 5.26. The van der Waals surface area contributed by atoms with Crippen molar-refractivity contribution in [3.63, 3.8) is 0 Å². The normalized spacial score (nSPS) is 10.0. The lowest BCUT2D eigenvalue weighted by Crippen LogP contribution is -2.09. The third kappa shape index (κ3) is 2.48. The van der Waals surface area contributed by atoms with Crippen LogP contribution in [0.15, 0.2) is 6.07 Å². The van der Waals surface area contributed by atoms with Gasteiger partial charge in [-0.05, 0) is 18.1 Å². The fourth-order valence-electron chi connectivity index (χ4n) is 1.76. The quantitative estimate of drug-likeness (QED) is 0.788. The molecule has 0 atom stereocenters. The molecular formula is C12H16O6. The van der Waals surface area contributed by atoms with Crippen molar-refractivity contribution in [2.45, 2.75) is 6.42 Å². The summed E-state index contributed by atoms with van der Waals surface area (Å²) < 4.78 is 15.3. The molecule has 0 bridgehead atoms. The Kier molecular flexibility index (Phi) is 4.79. The Labute approximate surface area is 105 Å². The van der Waals surface area contributed by atoms with Gasteiger partial charge in [0.25, 0.3) is 0 Å². The third-order valence-corrected chi connectivity index (χ3v) is 2.51. The second kappa shape index (κ2) is 6.11. The van der Waals surface area contributed by atoms with Crippen molar-refractivity contribution < 1.29 is 29.2 Å². The zero-order chi connectivity index (χ0) is 13.7. The molecule has 0 saturated heterocycles. The summed E-state index contributed by atoms with van der Waals surface area (Å²) in [5.41, 5.74) is 0.406. The predicted octanol–water partition coefficient (Wildman–Crippen LogP) is 0.945. The summed E-state index contributed by atoms with van der Waals surface area (Å²) in [6.07, 6.45) is 0.193. The zero-order valence-corrected chi connectivity index (χ0v) is 10.5. The van der Waals surface area contributed by atoms with E-state index in [9.17, 15) is 9.90 Å². The van der Waals surface area contributed by atoms with Crippen LogP contribution >= 0.6 is 0 Å². The van der Waals surface area contributed by atoms with Crippen LogP contribution in [0, 0.1) is 0 Å². The van der Waals surface area contributed by atoms with E-state index in [1.165, 1.54) is 27.4 Å². The van der Waals surface area contributed by atoms with E-state index in [2.05, 4.69) is 0 Å². The maximum atomic E-state index is 11.3. The highest BCUT2D eigenvalue weighted by Crippen LogP contribution is 2.42. The zero-order valence-electron chi connectivity index (χ0n) is 10.5. The molecular weight excluding hydrogens is 240 g/mol. The maximum Gasteiger partial charge on any atom is 0.339 e. The fourth-order valence-corrected chi connectivity index (χ4v) is 1.76. The molecule has 0 fully saturated rings. The van der Waals surface area contributed by atoms with Crippen molar-refractivity contribution in [3.8, 4) is 17.2 Å². The molecule has 1 aromatic carbocycles. The van der Waals surface area contributed by atoms with E-state index < -0.39 is 5.97 Å². The van der Waals surface area contributed by atoms with Crippen LogP contribution in [-0.2, 0) is 6.42 Å². The van der Waals surface area contributed by atoms with Crippen molar-refractivity contribution in [1.29, 1.82) is 0 Å². The Bertz CT molecular complexity index is 441. The lowest BCUT2D eigenvalue weighted by Gasteiger charge is -2.17. The van der Waals surface area contributed by atoms with Crippen molar-refractivity contribution in [3.05, 3.63) is 17.2 Å². The summed E-state index contributed by atoms with van der Waals surface area (Å²) in [4.78, 5) is 11.3. The van der Waals surface area contributed by atoms with Crippen LogP contribution in [0.4, 0.5) is 0 Å². The monoisotopic (exact) mass is 256 g/mol. The van der Waals surface area contributed by atoms with Crippen molar-refractivity contribution in [1.82, 2.24) is 0 Å². The van der Waals surface area contributed by atoms with E-state index in [0.29, 0.717) is 11.3 Å². The van der Waals surface area contributed by atoms with Crippen molar-refractivity contribution >= 4 is 5.97 Å². The highest BCUT2D eigenvalue weighted by atomic mass is 16.5. The number of aliphatic hydroxyl groups excluding tert-OH is 1. The second-order valence-corrected chi connectivity index (χ2v) is 3.46. The van der Waals surface area contributed by atoms with Gasteiger partial charge in [-0.2, -0.15) is 0 Å². The molecule has 0 heterocycles. The molecule has 2 N–H and O–H groups in total. The minimum atomic E-state index is -1.14. The largest absolute Gasteiger partial charge is 0.493 e. The van der Waals surface area contributed by atoms with Crippen molar-refractivity contribution in [2.75, 3.05) is 27.9 Å². The van der Waals surface area contributed by atoms with Crippen LogP contribution in [0.3, 0.4) is 0 Å². The van der Waals surface area contributed by atoms with Crippen molar-refractivity contribution in [2.24, 2.45) is 0 Å². The molecule has 18 heavy (non-hydrogen) atoms. The maximum absolute atomic E-state index is 11.3. The third-order valence-electron chi connectivity index (χ3n) is 2.51. The smallest absolute Gasteiger partial charge is 0.339 e. The van der Waals surface area contributed by atoms with Gasteiger partial charge in [-0.25, -0.2) is 4.79 Å². The van der Waals surface area contributed by atoms with Gasteiger partial charge in [0.1, 0.15) is 5.56 Å². The van der Waals surface area contributed by atoms with Gasteiger partial charge in [-0.3, -0.25) is 0 Å². The number of rotatable bonds is 6. The van der Waals surface area contributed by atoms with Gasteiger partial charge in [-0.15, -0.1) is 0 Å². The SMILES string of the molecule is COc1cc(CCO)c(C(=O)O)c(OC)c1OC. The van der Waals surface area contributed by atoms with Gasteiger partial charge in [0.2, 0.25) is 5.75 Å². The number of carboxylic acid groups (broad SMARTS) is 1. The Morgan fingerprint density at radius 2 is 1.78 bits per heavy atom. The molecule has 0 radical (unpaired) electrons. The molecule has 0 aliphatic carbocycles. The standard InChI is InChI=1S/C12H16O6/c1-16-8-6-7(4-5-13)9(12(14)15)11(18-3)10(8)17-2/h6,13H,4-5H2,1-3H3,(H,14,15). The van der Waals surface area contributed by atoms with Gasteiger partial charge in [-0.1, -0.05) is 0 Å². The van der Waals surface area contributed by atoms with E-state index in [0.717, 1.165) is 0 Å². The van der Waals surface area contributed by atoms with Crippen LogP contribution in [0.1, 0.15) is 15.9 Å². The highest BCUT2D eigenvalue weighted by molar-refractivity contribution is 5.94. The number of carboxylic acids is 1. The average Bonchev–Trinajstić information content (AvgIpc) is 2.36. The molecule has 100 valence electrons. The predicted molar refractivity (Wildman–Crippen MR) is 63.8 cm³/mol. The summed E-state index contributed by atoms with van der Waals surface area (Å²) in [5.74, 6) is -0.467. The number of carbonyl (C=O) groups is 1. The lowest BCUT2D eigenvalue weighted by molar-refractivity contribution is 0.0691. The Morgan fingerprint density at radius 3 is 2.17 bits per heavy atom. The van der Waals surface area contributed by atoms with Crippen LogP contribution in [0.2, 0.25) is 0 Å². The Hall–Kier alpha value is -1.95. The van der Waals surface area contributed by atoms with Gasteiger partial charge in [0.15, 0.2) is 11.5 Å². The summed E-state index contributed by atoms with van der Waals surface area (Å²) >= 11 is 0. The lowest BCUT2D eigenvalue weighted by atomic mass is 10.0. The van der Waals surface area contributed by atoms with Crippen LogP contribution in [0.5, 0.6) is 17.2 Å². The molecule has 0 aliphatic rings. The molecule has 1 rings (SSSR count). The number of ether oxygens (including phenoxy) is 3. The molecule has 1 aromatic rings. The summed E-state index contributed by atoms with van der Waals surface area (Å²) in [7, 11) is 4.20. The van der Waals surface area contributed by atoms with Crippen LogP contribution in [0.25, 0.3) is 0 Å². The summed E-state index contributed by atoms with van der Waals surface area (Å²) in [6, 6.07) is 1.53. The van der Waals surface area contributed by atoms with Gasteiger partial charge in [0.05, 0.1) is 21.3 Å². The summed E-state index contributed by atoms with van der Waals surface area (Å²) in [5, 5.41) is 18.2. The molecule has 0 unspecified atom stereocenters. The average molecular weight is 256 g/mol. The minimum Gasteiger partial charge on any atom is -0.493 e. The van der Waals surface area contributed by atoms with E-state index in [1.54, 1.807) is 0 Å². The Balaban J connectivity index is 3.57. The van der Waals surface area contributed by atoms with Gasteiger partial charge >= 0.3 is 5.97 Å². The molecule has 0 amide bonds. The number of aliphatic hydroxyl groups is 1. The molecule has 0 saturated carbocycles. The summed E-state index contributed by atoms with van der Waals surface area (Å²) in [6.45, 7) is -0.168. The second-order valence-electron chi connectivity index (χ2n) is 3.46. The first-order chi connectivity index (χ1) is 8.60. The van der Waals surface area contributed by atoms with Gasteiger partial charge < -0.3 is 24.4 Å². The van der Waals surface area contributed by atoms with Crippen LogP contribution < -0.4 is 14.2 Å². The fraction of sp³-hybridized carbons (Fsp3) is 0.417. The van der Waals surface area contributed by atoms with Gasteiger partial charge in [0, 0.05) is 6.61 Å². The molecule has 6 nitrogen and oxygen atoms in total. The van der Waals surface area contributed by atoms with Crippen LogP contribution in [-0.4, -0.2) is 44.1 Å². The van der Waals surface area contributed by atoms with E-state index >= 15 is 0 Å². The highest BCUT2D eigenvalue weighted by Gasteiger charge is 2.24. The number of hydrogen-bond acceptors (Lipinski definition) is 5. The molecule has 0 aliphatic heterocycles. The molecule has 0 aromatic heterocycles. The first-order valence-electron chi connectivity index (χ1n) is 5.26. The minimum absolute atomic E-state index is 0.0239. The first kappa shape index (κ1) is 14.1. The molecule has 6 heteroatoms. The van der Waals surface area contributed by atoms with E-state index in [-0.39, 0.29) is 30.1 Å². The number of hydrogen-bond donors (Lipinski definition) is 2. The number of benzene rings is 1. The topological polar surface area (TPSA) is 85.2 Å². The van der Waals surface area contributed by atoms with E-state index in [4.69, 9.17) is 19.3 Å². The Morgan fingerprint density at radius 1 is 1.17 bits per heavy atom. The number of aromatic carboxylic acids is 1.